The van der Waals surface area contributed by atoms with Gasteiger partial charge in [-0.25, -0.2) is 0 Å². The van der Waals surface area contributed by atoms with Crippen LogP contribution in [0.4, 0.5) is 0 Å². The van der Waals surface area contributed by atoms with Gasteiger partial charge in [-0.15, -0.1) is 11.8 Å². The summed E-state index contributed by atoms with van der Waals surface area (Å²) in [5.41, 5.74) is 7.01. The lowest BCUT2D eigenvalue weighted by Gasteiger charge is -2.12. The molecular formula is C12H18BrNS. The standard InChI is InChI=1S/C12H18BrNS/c1-4-8(2)15-12-6-5-10(9(3)14)7-11(12)13/h5-9H,4,14H2,1-3H3/t8?,9-/m1/s1. The summed E-state index contributed by atoms with van der Waals surface area (Å²) in [4.78, 5) is 1.30. The molecule has 0 aliphatic carbocycles. The normalized spacial score (nSPS) is 15.0. The summed E-state index contributed by atoms with van der Waals surface area (Å²) in [7, 11) is 0. The molecule has 0 spiro atoms. The van der Waals surface area contributed by atoms with Gasteiger partial charge in [-0.3, -0.25) is 0 Å². The van der Waals surface area contributed by atoms with E-state index in [4.69, 9.17) is 5.73 Å². The smallest absolute Gasteiger partial charge is 0.0314 e. The second kappa shape index (κ2) is 5.92. The number of rotatable bonds is 4. The third-order valence-corrected chi connectivity index (χ3v) is 4.65. The molecule has 0 saturated heterocycles. The first-order valence-electron chi connectivity index (χ1n) is 5.26. The minimum absolute atomic E-state index is 0.101. The molecule has 0 aliphatic heterocycles. The molecule has 0 fully saturated rings. The number of halogens is 1. The van der Waals surface area contributed by atoms with Crippen LogP contribution >= 0.6 is 27.7 Å². The summed E-state index contributed by atoms with van der Waals surface area (Å²) in [5.74, 6) is 0. The van der Waals surface area contributed by atoms with Gasteiger partial charge in [0, 0.05) is 20.7 Å². The molecule has 0 saturated carbocycles. The molecule has 0 bridgehead atoms. The van der Waals surface area contributed by atoms with Gasteiger partial charge in [0.15, 0.2) is 0 Å². The summed E-state index contributed by atoms with van der Waals surface area (Å²) in [6.45, 7) is 6.46. The molecule has 1 nitrogen and oxygen atoms in total. The summed E-state index contributed by atoms with van der Waals surface area (Å²) in [6, 6.07) is 6.48. The lowest BCUT2D eigenvalue weighted by molar-refractivity contribution is 0.815. The molecule has 1 rings (SSSR count). The van der Waals surface area contributed by atoms with E-state index in [0.29, 0.717) is 5.25 Å². The number of hydrogen-bond acceptors (Lipinski definition) is 2. The van der Waals surface area contributed by atoms with E-state index in [-0.39, 0.29) is 6.04 Å². The van der Waals surface area contributed by atoms with Crippen molar-refractivity contribution in [3.8, 4) is 0 Å². The van der Waals surface area contributed by atoms with E-state index in [9.17, 15) is 0 Å². The zero-order chi connectivity index (χ0) is 11.4. The molecule has 84 valence electrons. The Kier molecular flexibility index (Phi) is 5.16. The van der Waals surface area contributed by atoms with E-state index in [1.165, 1.54) is 16.9 Å². The molecule has 2 atom stereocenters. The van der Waals surface area contributed by atoms with E-state index >= 15 is 0 Å². The van der Waals surface area contributed by atoms with Crippen LogP contribution < -0.4 is 5.73 Å². The van der Waals surface area contributed by atoms with Crippen molar-refractivity contribution in [3.05, 3.63) is 28.2 Å². The fraction of sp³-hybridized carbons (Fsp3) is 0.500. The molecule has 0 aliphatic rings. The van der Waals surface area contributed by atoms with Gasteiger partial charge in [-0.1, -0.05) is 19.9 Å². The highest BCUT2D eigenvalue weighted by molar-refractivity contribution is 9.10. The Morgan fingerprint density at radius 2 is 2.07 bits per heavy atom. The van der Waals surface area contributed by atoms with Crippen LogP contribution in [0.3, 0.4) is 0 Å². The zero-order valence-electron chi connectivity index (χ0n) is 9.46. The molecule has 2 N–H and O–H groups in total. The third kappa shape index (κ3) is 3.82. The van der Waals surface area contributed by atoms with Crippen LogP contribution in [0.15, 0.2) is 27.6 Å². The molecule has 0 heterocycles. The molecule has 3 heteroatoms. The van der Waals surface area contributed by atoms with Gasteiger partial charge in [0.25, 0.3) is 0 Å². The molecule has 0 aromatic heterocycles. The van der Waals surface area contributed by atoms with Crippen LogP contribution in [-0.4, -0.2) is 5.25 Å². The van der Waals surface area contributed by atoms with Gasteiger partial charge < -0.3 is 5.73 Å². The van der Waals surface area contributed by atoms with Crippen molar-refractivity contribution in [1.82, 2.24) is 0 Å². The van der Waals surface area contributed by atoms with Crippen molar-refractivity contribution in [3.63, 3.8) is 0 Å². The Bertz CT molecular complexity index is 325. The number of hydrogen-bond donors (Lipinski definition) is 1. The van der Waals surface area contributed by atoms with E-state index in [1.54, 1.807) is 0 Å². The van der Waals surface area contributed by atoms with Gasteiger partial charge in [0.1, 0.15) is 0 Å². The average Bonchev–Trinajstić information content (AvgIpc) is 2.20. The first-order chi connectivity index (χ1) is 7.04. The summed E-state index contributed by atoms with van der Waals surface area (Å²) in [6.07, 6.45) is 1.19. The monoisotopic (exact) mass is 287 g/mol. The number of thioether (sulfide) groups is 1. The summed E-state index contributed by atoms with van der Waals surface area (Å²) >= 11 is 5.50. The van der Waals surface area contributed by atoms with Gasteiger partial charge >= 0.3 is 0 Å². The Balaban J connectivity index is 2.83. The van der Waals surface area contributed by atoms with Crippen molar-refractivity contribution in [2.75, 3.05) is 0 Å². The van der Waals surface area contributed by atoms with Crippen molar-refractivity contribution in [1.29, 1.82) is 0 Å². The van der Waals surface area contributed by atoms with E-state index in [1.807, 2.05) is 18.7 Å². The maximum atomic E-state index is 5.83. The topological polar surface area (TPSA) is 26.0 Å². The predicted octanol–water partition coefficient (Wildman–Crippen LogP) is 4.36. The lowest BCUT2D eigenvalue weighted by atomic mass is 10.1. The maximum Gasteiger partial charge on any atom is 0.0314 e. The minimum Gasteiger partial charge on any atom is -0.324 e. The average molecular weight is 288 g/mol. The van der Waals surface area contributed by atoms with Crippen LogP contribution in [0.5, 0.6) is 0 Å². The number of nitrogens with two attached hydrogens (primary N) is 1. The second-order valence-corrected chi connectivity index (χ2v) is 6.15. The molecular weight excluding hydrogens is 270 g/mol. The number of benzene rings is 1. The Labute approximate surface area is 105 Å². The van der Waals surface area contributed by atoms with Crippen LogP contribution in [-0.2, 0) is 0 Å². The second-order valence-electron chi connectivity index (χ2n) is 3.82. The molecule has 15 heavy (non-hydrogen) atoms. The van der Waals surface area contributed by atoms with E-state index in [2.05, 4.69) is 48.0 Å². The third-order valence-electron chi connectivity index (χ3n) is 2.38. The first-order valence-corrected chi connectivity index (χ1v) is 6.93. The van der Waals surface area contributed by atoms with Gasteiger partial charge in [0.05, 0.1) is 0 Å². The van der Waals surface area contributed by atoms with Crippen molar-refractivity contribution < 1.29 is 0 Å². The van der Waals surface area contributed by atoms with E-state index < -0.39 is 0 Å². The van der Waals surface area contributed by atoms with Crippen molar-refractivity contribution in [2.45, 2.75) is 43.4 Å². The Morgan fingerprint density at radius 3 is 2.53 bits per heavy atom. The fourth-order valence-electron chi connectivity index (χ4n) is 1.20. The van der Waals surface area contributed by atoms with Crippen molar-refractivity contribution in [2.24, 2.45) is 5.73 Å². The first kappa shape index (κ1) is 13.1. The highest BCUT2D eigenvalue weighted by Gasteiger charge is 2.07. The van der Waals surface area contributed by atoms with Gasteiger partial charge in [0.2, 0.25) is 0 Å². The zero-order valence-corrected chi connectivity index (χ0v) is 11.9. The summed E-state index contributed by atoms with van der Waals surface area (Å²) < 4.78 is 1.16. The van der Waals surface area contributed by atoms with Crippen molar-refractivity contribution >= 4 is 27.7 Å². The van der Waals surface area contributed by atoms with E-state index in [0.717, 1.165) is 4.47 Å². The highest BCUT2D eigenvalue weighted by atomic mass is 79.9. The van der Waals surface area contributed by atoms with Crippen LogP contribution in [0.2, 0.25) is 0 Å². The summed E-state index contributed by atoms with van der Waals surface area (Å²) in [5, 5.41) is 0.655. The SMILES string of the molecule is CCC(C)Sc1ccc([C@@H](C)N)cc1Br. The minimum atomic E-state index is 0.101. The molecule has 1 unspecified atom stereocenters. The van der Waals surface area contributed by atoms with Crippen LogP contribution in [0.1, 0.15) is 38.8 Å². The van der Waals surface area contributed by atoms with Crippen LogP contribution in [0, 0.1) is 0 Å². The van der Waals surface area contributed by atoms with Gasteiger partial charge in [-0.2, -0.15) is 0 Å². The molecule has 1 aromatic carbocycles. The largest absolute Gasteiger partial charge is 0.324 e. The van der Waals surface area contributed by atoms with Gasteiger partial charge in [-0.05, 0) is 47.0 Å². The fourth-order valence-corrected chi connectivity index (χ4v) is 2.79. The predicted molar refractivity (Wildman–Crippen MR) is 72.4 cm³/mol. The lowest BCUT2D eigenvalue weighted by Crippen LogP contribution is -2.04. The Morgan fingerprint density at radius 1 is 1.40 bits per heavy atom. The molecule has 0 radical (unpaired) electrons. The highest BCUT2D eigenvalue weighted by Crippen LogP contribution is 2.33. The quantitative estimate of drug-likeness (QED) is 0.833. The molecule has 0 amide bonds. The Hall–Kier alpha value is 0.01000. The maximum absolute atomic E-state index is 5.83. The van der Waals surface area contributed by atoms with Crippen LogP contribution in [0.25, 0.3) is 0 Å². The molecule has 1 aromatic rings.